The van der Waals surface area contributed by atoms with Gasteiger partial charge in [0.15, 0.2) is 0 Å². The molecular formula is C16H22N2. The van der Waals surface area contributed by atoms with Crippen LogP contribution in [0.25, 0.3) is 10.9 Å². The minimum Gasteiger partial charge on any atom is -0.358 e. The van der Waals surface area contributed by atoms with Crippen molar-refractivity contribution in [3.63, 3.8) is 0 Å². The van der Waals surface area contributed by atoms with Crippen LogP contribution in [-0.2, 0) is 0 Å². The zero-order valence-electron chi connectivity index (χ0n) is 11.6. The second kappa shape index (κ2) is 4.43. The highest BCUT2D eigenvalue weighted by Crippen LogP contribution is 2.33. The Hall–Kier alpha value is -1.28. The molecule has 96 valence electrons. The Bertz CT molecular complexity index is 574. The lowest BCUT2D eigenvalue weighted by molar-refractivity contribution is 0.455. The average Bonchev–Trinajstić information content (AvgIpc) is 2.74. The largest absolute Gasteiger partial charge is 0.358 e. The van der Waals surface area contributed by atoms with Gasteiger partial charge in [0.1, 0.15) is 0 Å². The molecule has 1 aromatic carbocycles. The third kappa shape index (κ3) is 1.76. The van der Waals surface area contributed by atoms with Gasteiger partial charge in [-0.3, -0.25) is 0 Å². The van der Waals surface area contributed by atoms with E-state index in [1.54, 1.807) is 0 Å². The lowest BCUT2D eigenvalue weighted by atomic mass is 9.93. The molecule has 1 saturated heterocycles. The van der Waals surface area contributed by atoms with Crippen LogP contribution in [0.1, 0.15) is 41.1 Å². The van der Waals surface area contributed by atoms with Crippen LogP contribution in [0.2, 0.25) is 0 Å². The van der Waals surface area contributed by atoms with Gasteiger partial charge >= 0.3 is 0 Å². The summed E-state index contributed by atoms with van der Waals surface area (Å²) in [6, 6.07) is 4.46. The van der Waals surface area contributed by atoms with Crippen molar-refractivity contribution < 1.29 is 0 Å². The fraction of sp³-hybridized carbons (Fsp3) is 0.500. The van der Waals surface area contributed by atoms with Crippen LogP contribution in [0.4, 0.5) is 0 Å². The van der Waals surface area contributed by atoms with E-state index in [0.717, 1.165) is 6.54 Å². The zero-order valence-corrected chi connectivity index (χ0v) is 11.6. The lowest BCUT2D eigenvalue weighted by Gasteiger charge is -2.22. The molecule has 1 atom stereocenters. The van der Waals surface area contributed by atoms with Gasteiger partial charge in [0.25, 0.3) is 0 Å². The Morgan fingerprint density at radius 3 is 2.56 bits per heavy atom. The number of hydrogen-bond acceptors (Lipinski definition) is 1. The molecule has 0 spiro atoms. The molecule has 0 amide bonds. The Labute approximate surface area is 109 Å². The molecular weight excluding hydrogens is 220 g/mol. The molecule has 1 unspecified atom stereocenters. The maximum absolute atomic E-state index is 3.70. The number of H-pyrrole nitrogens is 1. The molecule has 0 radical (unpaired) electrons. The third-order valence-electron chi connectivity index (χ3n) is 4.37. The Morgan fingerprint density at radius 2 is 1.89 bits per heavy atom. The van der Waals surface area contributed by atoms with Gasteiger partial charge in [-0.1, -0.05) is 12.1 Å². The number of aromatic amines is 1. The van der Waals surface area contributed by atoms with Gasteiger partial charge in [-0.15, -0.1) is 0 Å². The van der Waals surface area contributed by atoms with Crippen molar-refractivity contribution in [2.24, 2.45) is 0 Å². The third-order valence-corrected chi connectivity index (χ3v) is 4.37. The zero-order chi connectivity index (χ0) is 12.7. The van der Waals surface area contributed by atoms with Crippen molar-refractivity contribution >= 4 is 10.9 Å². The number of benzene rings is 1. The summed E-state index contributed by atoms with van der Waals surface area (Å²) in [7, 11) is 0. The molecule has 2 N–H and O–H groups in total. The standard InChI is InChI=1S/C16H22N2/c1-10-6-7-11(2)15-14(10)12(3)16(18-15)13-5-4-8-17-9-13/h6-7,13,17-18H,4-5,8-9H2,1-3H3. The predicted molar refractivity (Wildman–Crippen MR) is 77.4 cm³/mol. The summed E-state index contributed by atoms with van der Waals surface area (Å²) >= 11 is 0. The van der Waals surface area contributed by atoms with Gasteiger partial charge in [-0.05, 0) is 56.8 Å². The summed E-state index contributed by atoms with van der Waals surface area (Å²) in [4.78, 5) is 3.70. The Kier molecular flexibility index (Phi) is 2.90. The molecule has 0 aliphatic carbocycles. The van der Waals surface area contributed by atoms with Crippen LogP contribution in [0, 0.1) is 20.8 Å². The molecule has 1 aliphatic heterocycles. The second-order valence-corrected chi connectivity index (χ2v) is 5.66. The van der Waals surface area contributed by atoms with Crippen molar-refractivity contribution in [3.05, 3.63) is 34.5 Å². The summed E-state index contributed by atoms with van der Waals surface area (Å²) in [5.41, 5.74) is 7.00. The number of rotatable bonds is 1. The fourth-order valence-corrected chi connectivity index (χ4v) is 3.32. The first-order valence-electron chi connectivity index (χ1n) is 6.97. The van der Waals surface area contributed by atoms with Crippen molar-refractivity contribution in [1.29, 1.82) is 0 Å². The number of piperidine rings is 1. The minimum absolute atomic E-state index is 0.657. The van der Waals surface area contributed by atoms with E-state index < -0.39 is 0 Å². The normalized spacial score (nSPS) is 20.5. The molecule has 2 aromatic rings. The van der Waals surface area contributed by atoms with Crippen LogP contribution in [0.3, 0.4) is 0 Å². The lowest BCUT2D eigenvalue weighted by Crippen LogP contribution is -2.28. The molecule has 2 heterocycles. The van der Waals surface area contributed by atoms with E-state index in [2.05, 4.69) is 43.2 Å². The van der Waals surface area contributed by atoms with Crippen molar-refractivity contribution in [2.75, 3.05) is 13.1 Å². The number of aromatic nitrogens is 1. The number of fused-ring (bicyclic) bond motifs is 1. The summed E-state index contributed by atoms with van der Waals surface area (Å²) < 4.78 is 0. The maximum atomic E-state index is 3.70. The van der Waals surface area contributed by atoms with E-state index in [9.17, 15) is 0 Å². The molecule has 0 bridgehead atoms. The summed E-state index contributed by atoms with van der Waals surface area (Å²) in [6.07, 6.45) is 2.59. The molecule has 1 aromatic heterocycles. The number of nitrogens with one attached hydrogen (secondary N) is 2. The van der Waals surface area contributed by atoms with E-state index in [-0.39, 0.29) is 0 Å². The first-order chi connectivity index (χ1) is 8.68. The molecule has 18 heavy (non-hydrogen) atoms. The van der Waals surface area contributed by atoms with Crippen molar-refractivity contribution in [1.82, 2.24) is 10.3 Å². The van der Waals surface area contributed by atoms with Gasteiger partial charge in [0, 0.05) is 29.1 Å². The molecule has 2 nitrogen and oxygen atoms in total. The highest BCUT2D eigenvalue weighted by Gasteiger charge is 2.21. The van der Waals surface area contributed by atoms with Crippen LogP contribution < -0.4 is 5.32 Å². The van der Waals surface area contributed by atoms with Crippen LogP contribution in [0.5, 0.6) is 0 Å². The van der Waals surface area contributed by atoms with E-state index in [1.807, 2.05) is 0 Å². The molecule has 0 saturated carbocycles. The average molecular weight is 242 g/mol. The van der Waals surface area contributed by atoms with Crippen LogP contribution in [0.15, 0.2) is 12.1 Å². The summed E-state index contributed by atoms with van der Waals surface area (Å²) in [6.45, 7) is 8.97. The SMILES string of the molecule is Cc1ccc(C)c2c(C)c(C3CCCNC3)[nH]c12. The quantitative estimate of drug-likeness (QED) is 0.786. The van der Waals surface area contributed by atoms with Gasteiger partial charge in [0.05, 0.1) is 0 Å². The van der Waals surface area contributed by atoms with Crippen molar-refractivity contribution in [2.45, 2.75) is 39.5 Å². The Balaban J connectivity index is 2.16. The van der Waals surface area contributed by atoms with Gasteiger partial charge in [0.2, 0.25) is 0 Å². The monoisotopic (exact) mass is 242 g/mol. The minimum atomic E-state index is 0.657. The molecule has 1 aliphatic rings. The summed E-state index contributed by atoms with van der Waals surface area (Å²) in [5, 5.41) is 4.95. The van der Waals surface area contributed by atoms with Gasteiger partial charge in [-0.25, -0.2) is 0 Å². The van der Waals surface area contributed by atoms with E-state index in [1.165, 1.54) is 52.7 Å². The number of aryl methyl sites for hydroxylation is 3. The second-order valence-electron chi connectivity index (χ2n) is 5.66. The highest BCUT2D eigenvalue weighted by atomic mass is 14.9. The van der Waals surface area contributed by atoms with Crippen LogP contribution in [-0.4, -0.2) is 18.1 Å². The summed E-state index contributed by atoms with van der Waals surface area (Å²) in [5.74, 6) is 0.657. The molecule has 2 heteroatoms. The van der Waals surface area contributed by atoms with Crippen molar-refractivity contribution in [3.8, 4) is 0 Å². The fourth-order valence-electron chi connectivity index (χ4n) is 3.32. The smallest absolute Gasteiger partial charge is 0.0491 e. The van der Waals surface area contributed by atoms with Crippen LogP contribution >= 0.6 is 0 Å². The van der Waals surface area contributed by atoms with Gasteiger partial charge in [-0.2, -0.15) is 0 Å². The van der Waals surface area contributed by atoms with Gasteiger partial charge < -0.3 is 10.3 Å². The van der Waals surface area contributed by atoms with E-state index >= 15 is 0 Å². The molecule has 1 fully saturated rings. The predicted octanol–water partition coefficient (Wildman–Crippen LogP) is 3.56. The molecule has 3 rings (SSSR count). The Morgan fingerprint density at radius 1 is 1.11 bits per heavy atom. The maximum Gasteiger partial charge on any atom is 0.0491 e. The topological polar surface area (TPSA) is 27.8 Å². The van der Waals surface area contributed by atoms with E-state index in [4.69, 9.17) is 0 Å². The van der Waals surface area contributed by atoms with E-state index in [0.29, 0.717) is 5.92 Å². The highest BCUT2D eigenvalue weighted by molar-refractivity contribution is 5.90. The number of hydrogen-bond donors (Lipinski definition) is 2. The first-order valence-corrected chi connectivity index (χ1v) is 6.97. The first kappa shape index (κ1) is 11.8.